The normalized spacial score (nSPS) is 46.0. The van der Waals surface area contributed by atoms with Gasteiger partial charge in [-0.05, 0) is 6.42 Å². The third-order valence-corrected chi connectivity index (χ3v) is 9.88. The van der Waals surface area contributed by atoms with Gasteiger partial charge >= 0.3 is 5.97 Å². The molecule has 22 nitrogen and oxygen atoms in total. The van der Waals surface area contributed by atoms with Crippen LogP contribution in [0.1, 0.15) is 45.4 Å². The largest absolute Gasteiger partial charge is 0.433 e. The van der Waals surface area contributed by atoms with Gasteiger partial charge in [0.15, 0.2) is 25.0 Å². The monoisotopic (exact) mass is 792 g/mol. The van der Waals surface area contributed by atoms with E-state index in [-0.39, 0.29) is 6.42 Å². The highest BCUT2D eigenvalue weighted by Gasteiger charge is 2.53. The van der Waals surface area contributed by atoms with Crippen LogP contribution in [0.15, 0.2) is 0 Å². The molecule has 0 aromatic rings. The smallest absolute Gasteiger partial charge is 0.308 e. The van der Waals surface area contributed by atoms with E-state index in [4.69, 9.17) is 37.9 Å². The summed E-state index contributed by atoms with van der Waals surface area (Å²) in [7, 11) is 0. The van der Waals surface area contributed by atoms with E-state index >= 15 is 0 Å². The summed E-state index contributed by atoms with van der Waals surface area (Å²) in [6.07, 6.45) is -30.8. The second-order valence-electron chi connectivity index (χ2n) is 13.9. The Morgan fingerprint density at radius 2 is 0.889 bits per heavy atom. The fraction of sp³-hybridized carbons (Fsp3) is 0.969. The minimum absolute atomic E-state index is 0.0644. The SMILES string of the molecule is CCCCCCCC(=O)O[C@@H]1O[C@H](CO[C@@H]2O[C@H](CO[C@@H]3O[C@H](CO)[C@@H](O)[C@H](O)[C@H]3O)[C@@H](O)[C@H](O)[C@H]2O)[C@@H](O)[C@H](O)[C@H]1O[C@@H]1O[C@H](CO)[C@@H](O)[C@H](O)[C@H]1O. The van der Waals surface area contributed by atoms with Crippen molar-refractivity contribution in [1.82, 2.24) is 0 Å². The molecule has 0 saturated carbocycles. The molecule has 22 heteroatoms. The van der Waals surface area contributed by atoms with Gasteiger partial charge in [-0.1, -0.05) is 32.6 Å². The van der Waals surface area contributed by atoms with Crippen molar-refractivity contribution in [3.8, 4) is 0 Å². The fourth-order valence-corrected chi connectivity index (χ4v) is 6.46. The summed E-state index contributed by atoms with van der Waals surface area (Å²) >= 11 is 0. The first-order valence-corrected chi connectivity index (χ1v) is 18.0. The Hall–Kier alpha value is -1.33. The molecule has 4 rings (SSSR count). The van der Waals surface area contributed by atoms with Gasteiger partial charge in [-0.15, -0.1) is 0 Å². The molecule has 54 heavy (non-hydrogen) atoms. The number of rotatable bonds is 17. The summed E-state index contributed by atoms with van der Waals surface area (Å²) in [6.45, 7) is -0.882. The van der Waals surface area contributed by atoms with Crippen LogP contribution in [0.25, 0.3) is 0 Å². The molecule has 4 aliphatic rings. The maximum atomic E-state index is 12.9. The van der Waals surface area contributed by atoms with Crippen LogP contribution in [0.2, 0.25) is 0 Å². The van der Waals surface area contributed by atoms with Gasteiger partial charge in [0.2, 0.25) is 6.29 Å². The number of aliphatic hydroxyl groups excluding tert-OH is 13. The van der Waals surface area contributed by atoms with Crippen molar-refractivity contribution >= 4 is 5.97 Å². The molecule has 0 aliphatic carbocycles. The Kier molecular flexibility index (Phi) is 17.6. The van der Waals surface area contributed by atoms with E-state index in [2.05, 4.69) is 0 Å². The molecule has 4 fully saturated rings. The molecule has 0 aromatic carbocycles. The highest BCUT2D eigenvalue weighted by molar-refractivity contribution is 5.69. The van der Waals surface area contributed by atoms with E-state index in [9.17, 15) is 71.2 Å². The topological polar surface area (TPSA) is 354 Å². The zero-order chi connectivity index (χ0) is 39.9. The van der Waals surface area contributed by atoms with Gasteiger partial charge in [0, 0.05) is 6.42 Å². The molecular weight excluding hydrogens is 736 g/mol. The van der Waals surface area contributed by atoms with Crippen molar-refractivity contribution in [3.63, 3.8) is 0 Å². The van der Waals surface area contributed by atoms with E-state index in [0.29, 0.717) is 6.42 Å². The molecule has 316 valence electrons. The predicted octanol–water partition coefficient (Wildman–Crippen LogP) is -6.84. The van der Waals surface area contributed by atoms with Crippen LogP contribution in [-0.4, -0.2) is 222 Å². The first-order valence-electron chi connectivity index (χ1n) is 18.0. The standard InChI is InChI=1S/C32H56O22/c1-2-3-4-5-6-7-16(35)53-32-28(54-31-27(46)22(41)18(37)13(9-34)50-31)24(43)20(39)15(52-32)11-48-30-26(45)23(42)19(38)14(51-30)10-47-29-25(44)21(40)17(36)12(8-33)49-29/h12-15,17-34,36-46H,2-11H2,1H3/t12-,13-,14-,15-,17-,18-,19-,20-,21+,22+,23+,24+,25-,26-,27-,28-,29-,30-,31+,32+/m1/s1. The molecule has 0 aromatic heterocycles. The minimum Gasteiger partial charge on any atom is -0.433 e. The summed E-state index contributed by atoms with van der Waals surface area (Å²) in [5, 5.41) is 134. The molecule has 4 aliphatic heterocycles. The average Bonchev–Trinajstić information content (AvgIpc) is 3.15. The minimum atomic E-state index is -1.97. The van der Waals surface area contributed by atoms with E-state index < -0.39 is 155 Å². The number of hydrogen-bond donors (Lipinski definition) is 13. The predicted molar refractivity (Wildman–Crippen MR) is 171 cm³/mol. The van der Waals surface area contributed by atoms with Gasteiger partial charge in [0.25, 0.3) is 0 Å². The summed E-state index contributed by atoms with van der Waals surface area (Å²) in [4.78, 5) is 12.9. The molecule has 13 N–H and O–H groups in total. The first-order chi connectivity index (χ1) is 25.6. The maximum Gasteiger partial charge on any atom is 0.308 e. The zero-order valence-electron chi connectivity index (χ0n) is 29.6. The Bertz CT molecular complexity index is 1120. The second-order valence-corrected chi connectivity index (χ2v) is 13.9. The Balaban J connectivity index is 1.43. The first kappa shape index (κ1) is 45.4. The molecule has 4 saturated heterocycles. The highest BCUT2D eigenvalue weighted by atomic mass is 16.8. The van der Waals surface area contributed by atoms with Crippen molar-refractivity contribution in [1.29, 1.82) is 0 Å². The van der Waals surface area contributed by atoms with Gasteiger partial charge in [-0.25, -0.2) is 0 Å². The lowest BCUT2D eigenvalue weighted by molar-refractivity contribution is -0.368. The Morgan fingerprint density at radius 3 is 1.39 bits per heavy atom. The number of unbranched alkanes of at least 4 members (excludes halogenated alkanes) is 4. The van der Waals surface area contributed by atoms with Gasteiger partial charge in [0.05, 0.1) is 26.4 Å². The molecule has 20 atom stereocenters. The van der Waals surface area contributed by atoms with Crippen LogP contribution in [-0.2, 0) is 42.7 Å². The molecule has 0 unspecified atom stereocenters. The molecule has 0 spiro atoms. The van der Waals surface area contributed by atoms with Crippen LogP contribution in [0, 0.1) is 0 Å². The fourth-order valence-electron chi connectivity index (χ4n) is 6.46. The van der Waals surface area contributed by atoms with Crippen LogP contribution >= 0.6 is 0 Å². The van der Waals surface area contributed by atoms with Gasteiger partial charge in [-0.3, -0.25) is 4.79 Å². The van der Waals surface area contributed by atoms with Crippen molar-refractivity contribution in [3.05, 3.63) is 0 Å². The lowest BCUT2D eigenvalue weighted by Crippen LogP contribution is -2.65. The lowest BCUT2D eigenvalue weighted by atomic mass is 9.97. The van der Waals surface area contributed by atoms with E-state index in [1.165, 1.54) is 0 Å². The molecular formula is C32H56O22. The van der Waals surface area contributed by atoms with E-state index in [0.717, 1.165) is 25.7 Å². The van der Waals surface area contributed by atoms with Crippen LogP contribution in [0.4, 0.5) is 0 Å². The van der Waals surface area contributed by atoms with Crippen LogP contribution < -0.4 is 0 Å². The molecule has 4 heterocycles. The van der Waals surface area contributed by atoms with Crippen molar-refractivity contribution in [2.75, 3.05) is 26.4 Å². The molecule has 0 amide bonds. The number of carbonyl (C=O) groups is 1. The highest BCUT2D eigenvalue weighted by Crippen LogP contribution is 2.32. The summed E-state index contributed by atoms with van der Waals surface area (Å²) in [5.74, 6) is -0.785. The second kappa shape index (κ2) is 20.9. The molecule has 0 bridgehead atoms. The lowest BCUT2D eigenvalue weighted by Gasteiger charge is -2.46. The maximum absolute atomic E-state index is 12.9. The number of ether oxygens (including phenoxy) is 8. The van der Waals surface area contributed by atoms with E-state index in [1.54, 1.807) is 0 Å². The third kappa shape index (κ3) is 10.8. The van der Waals surface area contributed by atoms with Crippen molar-refractivity contribution in [2.24, 2.45) is 0 Å². The van der Waals surface area contributed by atoms with Crippen LogP contribution in [0.5, 0.6) is 0 Å². The number of hydrogen-bond acceptors (Lipinski definition) is 22. The third-order valence-electron chi connectivity index (χ3n) is 9.88. The van der Waals surface area contributed by atoms with Crippen LogP contribution in [0.3, 0.4) is 0 Å². The Labute approximate surface area is 309 Å². The van der Waals surface area contributed by atoms with Gasteiger partial charge in [-0.2, -0.15) is 0 Å². The number of esters is 1. The summed E-state index contributed by atoms with van der Waals surface area (Å²) in [5.41, 5.74) is 0. The quantitative estimate of drug-likeness (QED) is 0.0481. The summed E-state index contributed by atoms with van der Waals surface area (Å²) < 4.78 is 44.0. The average molecular weight is 793 g/mol. The number of aliphatic hydroxyl groups is 13. The molecule has 0 radical (unpaired) electrons. The van der Waals surface area contributed by atoms with Gasteiger partial charge in [0.1, 0.15) is 91.6 Å². The van der Waals surface area contributed by atoms with Crippen molar-refractivity contribution < 1.29 is 109 Å². The zero-order valence-corrected chi connectivity index (χ0v) is 29.6. The summed E-state index contributed by atoms with van der Waals surface area (Å²) in [6, 6.07) is 0. The Morgan fingerprint density at radius 1 is 0.481 bits per heavy atom. The van der Waals surface area contributed by atoms with E-state index in [1.807, 2.05) is 6.92 Å². The number of carbonyl (C=O) groups excluding carboxylic acids is 1. The van der Waals surface area contributed by atoms with Gasteiger partial charge < -0.3 is 104 Å². The van der Waals surface area contributed by atoms with Crippen molar-refractivity contribution in [2.45, 2.75) is 168 Å².